The van der Waals surface area contributed by atoms with E-state index in [1.54, 1.807) is 0 Å². The van der Waals surface area contributed by atoms with Crippen molar-refractivity contribution in [1.29, 1.82) is 0 Å². The van der Waals surface area contributed by atoms with Gasteiger partial charge in [-0.3, -0.25) is 10.1 Å². The first-order valence-electron chi connectivity index (χ1n) is 4.21. The Hall–Kier alpha value is -1.96. The number of hydrogen-bond acceptors (Lipinski definition) is 5. The molecule has 0 saturated carbocycles. The molecular weight excluding hydrogens is 202 g/mol. The summed E-state index contributed by atoms with van der Waals surface area (Å²) in [6, 6.07) is -0.907. The number of nitrogens with two attached hydrogens (primary N) is 1. The molecule has 0 unspecified atom stereocenters. The standard InChI is InChI=1S/C7H11N5O3/c8-7(15)9-6(14)4-12-3-5(1-2-13)10-11-12/h3,13H,1-2,4H2,(H3,8,9,14,15). The zero-order valence-corrected chi connectivity index (χ0v) is 7.88. The van der Waals surface area contributed by atoms with Gasteiger partial charge < -0.3 is 10.8 Å². The smallest absolute Gasteiger partial charge is 0.318 e. The van der Waals surface area contributed by atoms with Crippen molar-refractivity contribution in [2.24, 2.45) is 5.73 Å². The summed E-state index contributed by atoms with van der Waals surface area (Å²) in [6.07, 6.45) is 1.88. The lowest BCUT2D eigenvalue weighted by Crippen LogP contribution is -2.37. The van der Waals surface area contributed by atoms with Crippen LogP contribution in [-0.2, 0) is 17.8 Å². The second-order valence-corrected chi connectivity index (χ2v) is 2.79. The van der Waals surface area contributed by atoms with Gasteiger partial charge in [-0.25, -0.2) is 9.48 Å². The fourth-order valence-corrected chi connectivity index (χ4v) is 0.969. The molecule has 0 aromatic carbocycles. The van der Waals surface area contributed by atoms with Gasteiger partial charge in [0.1, 0.15) is 6.54 Å². The van der Waals surface area contributed by atoms with Crippen LogP contribution in [-0.4, -0.2) is 38.6 Å². The van der Waals surface area contributed by atoms with Crippen LogP contribution in [0.1, 0.15) is 5.69 Å². The van der Waals surface area contributed by atoms with E-state index < -0.39 is 11.9 Å². The van der Waals surface area contributed by atoms with Gasteiger partial charge in [-0.05, 0) is 0 Å². The zero-order chi connectivity index (χ0) is 11.3. The van der Waals surface area contributed by atoms with Crippen LogP contribution in [0.25, 0.3) is 0 Å². The molecule has 0 aliphatic carbocycles. The molecule has 8 heteroatoms. The van der Waals surface area contributed by atoms with E-state index in [9.17, 15) is 9.59 Å². The summed E-state index contributed by atoms with van der Waals surface area (Å²) in [5.74, 6) is -0.567. The Morgan fingerprint density at radius 3 is 2.93 bits per heavy atom. The molecule has 1 aromatic heterocycles. The minimum Gasteiger partial charge on any atom is -0.396 e. The maximum atomic E-state index is 11.0. The lowest BCUT2D eigenvalue weighted by Gasteiger charge is -1.99. The highest BCUT2D eigenvalue weighted by Crippen LogP contribution is 1.93. The first-order valence-corrected chi connectivity index (χ1v) is 4.21. The number of nitrogens with zero attached hydrogens (tertiary/aromatic N) is 3. The molecule has 1 aromatic rings. The van der Waals surface area contributed by atoms with Crippen LogP contribution in [0.5, 0.6) is 0 Å². The molecule has 3 amide bonds. The molecule has 1 rings (SSSR count). The minimum atomic E-state index is -0.907. The number of amides is 3. The third-order valence-electron chi connectivity index (χ3n) is 1.52. The molecule has 0 spiro atoms. The Bertz CT molecular complexity index is 361. The third-order valence-corrected chi connectivity index (χ3v) is 1.52. The molecule has 1 heterocycles. The number of imide groups is 1. The average molecular weight is 213 g/mol. The van der Waals surface area contributed by atoms with Gasteiger partial charge in [-0.1, -0.05) is 5.21 Å². The first kappa shape index (κ1) is 11.1. The number of hydrogen-bond donors (Lipinski definition) is 3. The number of urea groups is 1. The molecule has 82 valence electrons. The van der Waals surface area contributed by atoms with E-state index in [0.717, 1.165) is 0 Å². The van der Waals surface area contributed by atoms with E-state index in [2.05, 4.69) is 10.3 Å². The molecule has 0 aliphatic heterocycles. The normalized spacial score (nSPS) is 9.93. The van der Waals surface area contributed by atoms with Gasteiger partial charge in [0.2, 0.25) is 5.91 Å². The van der Waals surface area contributed by atoms with Crippen molar-refractivity contribution in [2.45, 2.75) is 13.0 Å². The summed E-state index contributed by atoms with van der Waals surface area (Å²) >= 11 is 0. The van der Waals surface area contributed by atoms with Crippen LogP contribution in [0.15, 0.2) is 6.20 Å². The van der Waals surface area contributed by atoms with E-state index >= 15 is 0 Å². The van der Waals surface area contributed by atoms with Crippen molar-refractivity contribution in [3.8, 4) is 0 Å². The average Bonchev–Trinajstić information content (AvgIpc) is 2.51. The quantitative estimate of drug-likeness (QED) is 0.534. The number of carbonyl (C=O) groups excluding carboxylic acids is 2. The predicted octanol–water partition coefficient (Wildman–Crippen LogP) is -1.99. The van der Waals surface area contributed by atoms with Crippen molar-refractivity contribution in [3.05, 3.63) is 11.9 Å². The van der Waals surface area contributed by atoms with Crippen molar-refractivity contribution in [3.63, 3.8) is 0 Å². The Kier molecular flexibility index (Phi) is 3.75. The van der Waals surface area contributed by atoms with Crippen LogP contribution >= 0.6 is 0 Å². The van der Waals surface area contributed by atoms with E-state index in [0.29, 0.717) is 12.1 Å². The molecule has 4 N–H and O–H groups in total. The zero-order valence-electron chi connectivity index (χ0n) is 7.88. The number of aromatic nitrogens is 3. The minimum absolute atomic E-state index is 0.0355. The Labute approximate surface area is 85.1 Å². The molecule has 8 nitrogen and oxygen atoms in total. The number of aliphatic hydroxyl groups is 1. The predicted molar refractivity (Wildman–Crippen MR) is 48.5 cm³/mol. The maximum Gasteiger partial charge on any atom is 0.318 e. The molecule has 0 atom stereocenters. The highest BCUT2D eigenvalue weighted by molar-refractivity contribution is 5.93. The van der Waals surface area contributed by atoms with Crippen LogP contribution in [0.2, 0.25) is 0 Å². The first-order chi connectivity index (χ1) is 7.11. The number of nitrogens with one attached hydrogen (secondary N) is 1. The van der Waals surface area contributed by atoms with Crippen molar-refractivity contribution >= 4 is 11.9 Å². The van der Waals surface area contributed by atoms with E-state index in [1.165, 1.54) is 10.9 Å². The Balaban J connectivity index is 2.49. The SMILES string of the molecule is NC(=O)NC(=O)Cn1cc(CCO)nn1. The van der Waals surface area contributed by atoms with E-state index in [4.69, 9.17) is 10.8 Å². The molecule has 0 saturated heterocycles. The second kappa shape index (κ2) is 5.05. The van der Waals surface area contributed by atoms with Crippen molar-refractivity contribution in [1.82, 2.24) is 20.3 Å². The summed E-state index contributed by atoms with van der Waals surface area (Å²) in [6.45, 7) is -0.173. The van der Waals surface area contributed by atoms with Gasteiger partial charge >= 0.3 is 6.03 Å². The summed E-state index contributed by atoms with van der Waals surface area (Å²) in [4.78, 5) is 21.4. The highest BCUT2D eigenvalue weighted by atomic mass is 16.3. The largest absolute Gasteiger partial charge is 0.396 e. The lowest BCUT2D eigenvalue weighted by molar-refractivity contribution is -0.120. The molecule has 0 fully saturated rings. The van der Waals surface area contributed by atoms with Crippen LogP contribution in [0.4, 0.5) is 4.79 Å². The summed E-state index contributed by atoms with van der Waals surface area (Å²) in [7, 11) is 0. The summed E-state index contributed by atoms with van der Waals surface area (Å²) in [5, 5.41) is 17.8. The Morgan fingerprint density at radius 1 is 1.60 bits per heavy atom. The van der Waals surface area contributed by atoms with Crippen LogP contribution in [0, 0.1) is 0 Å². The molecule has 0 bridgehead atoms. The Morgan fingerprint density at radius 2 is 2.33 bits per heavy atom. The van der Waals surface area contributed by atoms with Crippen LogP contribution in [0.3, 0.4) is 0 Å². The van der Waals surface area contributed by atoms with Crippen molar-refractivity contribution < 1.29 is 14.7 Å². The molecular formula is C7H11N5O3. The number of rotatable bonds is 4. The lowest BCUT2D eigenvalue weighted by atomic mass is 10.3. The highest BCUT2D eigenvalue weighted by Gasteiger charge is 2.07. The van der Waals surface area contributed by atoms with E-state index in [1.807, 2.05) is 5.32 Å². The van der Waals surface area contributed by atoms with E-state index in [-0.39, 0.29) is 13.2 Å². The topological polar surface area (TPSA) is 123 Å². The van der Waals surface area contributed by atoms with Gasteiger partial charge in [0.05, 0.1) is 5.69 Å². The fourth-order valence-electron chi connectivity index (χ4n) is 0.969. The van der Waals surface area contributed by atoms with Gasteiger partial charge in [-0.2, -0.15) is 0 Å². The fraction of sp³-hybridized carbons (Fsp3) is 0.429. The van der Waals surface area contributed by atoms with Crippen molar-refractivity contribution in [2.75, 3.05) is 6.61 Å². The summed E-state index contributed by atoms with van der Waals surface area (Å²) < 4.78 is 1.25. The monoisotopic (exact) mass is 213 g/mol. The van der Waals surface area contributed by atoms with Crippen LogP contribution < -0.4 is 11.1 Å². The second-order valence-electron chi connectivity index (χ2n) is 2.79. The molecule has 0 aliphatic rings. The number of aliphatic hydroxyl groups excluding tert-OH is 1. The molecule has 0 radical (unpaired) electrons. The third kappa shape index (κ3) is 3.73. The van der Waals surface area contributed by atoms with Gasteiger partial charge in [0.15, 0.2) is 0 Å². The summed E-state index contributed by atoms with van der Waals surface area (Å²) in [5.41, 5.74) is 5.32. The molecule has 15 heavy (non-hydrogen) atoms. The van der Waals surface area contributed by atoms with Gasteiger partial charge in [-0.15, -0.1) is 5.10 Å². The maximum absolute atomic E-state index is 11.0. The number of carbonyl (C=O) groups is 2. The number of primary amides is 1. The van der Waals surface area contributed by atoms with Gasteiger partial charge in [0.25, 0.3) is 0 Å². The van der Waals surface area contributed by atoms with Gasteiger partial charge in [0, 0.05) is 19.2 Å².